The number of rotatable bonds is 5. The molecule has 0 aromatic carbocycles. The topological polar surface area (TPSA) is 73.5 Å². The van der Waals surface area contributed by atoms with Crippen molar-refractivity contribution < 1.29 is 0 Å². The van der Waals surface area contributed by atoms with Crippen LogP contribution in [-0.2, 0) is 6.54 Å². The maximum atomic E-state index is 4.32. The lowest BCUT2D eigenvalue weighted by atomic mass is 10.3. The van der Waals surface area contributed by atoms with Crippen LogP contribution in [0.4, 0.5) is 5.69 Å². The van der Waals surface area contributed by atoms with Crippen LogP contribution in [0.2, 0.25) is 0 Å². The quantitative estimate of drug-likeness (QED) is 0.759. The third-order valence-corrected chi connectivity index (χ3v) is 2.74. The van der Waals surface area contributed by atoms with Crippen LogP contribution in [0.3, 0.4) is 0 Å². The van der Waals surface area contributed by atoms with Crippen molar-refractivity contribution in [1.82, 2.24) is 29.5 Å². The first-order valence-corrected chi connectivity index (χ1v) is 6.05. The molecule has 0 spiro atoms. The molecule has 0 saturated carbocycles. The van der Waals surface area contributed by atoms with Gasteiger partial charge < -0.3 is 5.32 Å². The van der Waals surface area contributed by atoms with E-state index in [0.29, 0.717) is 6.54 Å². The highest BCUT2D eigenvalue weighted by atomic mass is 15.3. The summed E-state index contributed by atoms with van der Waals surface area (Å²) in [6.45, 7) is 4.33. The average Bonchev–Trinajstić information content (AvgIpc) is 3.17. The Bertz CT molecular complexity index is 682. The van der Waals surface area contributed by atoms with Gasteiger partial charge in [-0.3, -0.25) is 0 Å². The first-order valence-electron chi connectivity index (χ1n) is 6.05. The molecule has 0 unspecified atom stereocenters. The molecule has 7 nitrogen and oxygen atoms in total. The van der Waals surface area contributed by atoms with E-state index in [9.17, 15) is 0 Å². The standard InChI is InChI=1S/C13H13N7/c1-2-19-8-11(6-17-19)5-15-12-3-4-13(16-7-12)20-10-14-9-18-20/h2-4,6-10,15H,1,5H2. The van der Waals surface area contributed by atoms with Gasteiger partial charge in [-0.1, -0.05) is 6.58 Å². The molecule has 0 bridgehead atoms. The van der Waals surface area contributed by atoms with E-state index < -0.39 is 0 Å². The SMILES string of the molecule is C=Cn1cc(CNc2ccc(-n3cncn3)nc2)cn1. The zero-order chi connectivity index (χ0) is 13.8. The maximum absolute atomic E-state index is 4.32. The van der Waals surface area contributed by atoms with Gasteiger partial charge in [-0.25, -0.2) is 19.3 Å². The molecule has 100 valence electrons. The highest BCUT2D eigenvalue weighted by molar-refractivity contribution is 5.43. The van der Waals surface area contributed by atoms with Gasteiger partial charge in [0.25, 0.3) is 0 Å². The van der Waals surface area contributed by atoms with Gasteiger partial charge in [0.15, 0.2) is 5.82 Å². The number of nitrogens with zero attached hydrogens (tertiary/aromatic N) is 6. The van der Waals surface area contributed by atoms with Crippen LogP contribution in [0.5, 0.6) is 0 Å². The van der Waals surface area contributed by atoms with Crippen molar-refractivity contribution in [3.8, 4) is 5.82 Å². The number of hydrogen-bond acceptors (Lipinski definition) is 5. The van der Waals surface area contributed by atoms with Gasteiger partial charge in [0.2, 0.25) is 0 Å². The fourth-order valence-corrected chi connectivity index (χ4v) is 1.73. The van der Waals surface area contributed by atoms with Gasteiger partial charge in [0.1, 0.15) is 12.7 Å². The van der Waals surface area contributed by atoms with E-state index in [1.54, 1.807) is 34.3 Å². The van der Waals surface area contributed by atoms with E-state index in [1.165, 1.54) is 6.33 Å². The third-order valence-electron chi connectivity index (χ3n) is 2.74. The van der Waals surface area contributed by atoms with E-state index in [2.05, 4.69) is 32.1 Å². The van der Waals surface area contributed by atoms with Crippen molar-refractivity contribution in [2.24, 2.45) is 0 Å². The Labute approximate surface area is 115 Å². The fourth-order valence-electron chi connectivity index (χ4n) is 1.73. The highest BCUT2D eigenvalue weighted by Gasteiger charge is 2.00. The largest absolute Gasteiger partial charge is 0.380 e. The average molecular weight is 267 g/mol. The molecule has 0 radical (unpaired) electrons. The van der Waals surface area contributed by atoms with E-state index in [4.69, 9.17) is 0 Å². The zero-order valence-corrected chi connectivity index (χ0v) is 10.7. The van der Waals surface area contributed by atoms with Crippen LogP contribution in [0.1, 0.15) is 5.56 Å². The third kappa shape index (κ3) is 2.56. The van der Waals surface area contributed by atoms with Crippen molar-refractivity contribution in [2.45, 2.75) is 6.54 Å². The van der Waals surface area contributed by atoms with Crippen LogP contribution in [0, 0.1) is 0 Å². The number of anilines is 1. The molecule has 3 aromatic heterocycles. The summed E-state index contributed by atoms with van der Waals surface area (Å²) in [5.41, 5.74) is 2.01. The van der Waals surface area contributed by atoms with Crippen molar-refractivity contribution in [1.29, 1.82) is 0 Å². The monoisotopic (exact) mass is 267 g/mol. The molecule has 0 atom stereocenters. The molecule has 0 aliphatic rings. The Morgan fingerprint density at radius 3 is 2.85 bits per heavy atom. The predicted molar refractivity (Wildman–Crippen MR) is 75.1 cm³/mol. The number of hydrogen-bond donors (Lipinski definition) is 1. The summed E-state index contributed by atoms with van der Waals surface area (Å²) in [4.78, 5) is 8.20. The van der Waals surface area contributed by atoms with Gasteiger partial charge in [0, 0.05) is 24.5 Å². The summed E-state index contributed by atoms with van der Waals surface area (Å²) < 4.78 is 3.28. The first kappa shape index (κ1) is 12.1. The Hall–Kier alpha value is -2.96. The smallest absolute Gasteiger partial charge is 0.155 e. The van der Waals surface area contributed by atoms with E-state index in [-0.39, 0.29) is 0 Å². The van der Waals surface area contributed by atoms with Crippen molar-refractivity contribution >= 4 is 11.9 Å². The Balaban J connectivity index is 1.65. The minimum Gasteiger partial charge on any atom is -0.380 e. The fraction of sp³-hybridized carbons (Fsp3) is 0.0769. The van der Waals surface area contributed by atoms with Gasteiger partial charge in [-0.15, -0.1) is 0 Å². The van der Waals surface area contributed by atoms with Gasteiger partial charge in [0.05, 0.1) is 18.1 Å². The maximum Gasteiger partial charge on any atom is 0.155 e. The number of aromatic nitrogens is 6. The molecular formula is C13H13N7. The molecule has 0 aliphatic carbocycles. The second-order valence-corrected chi connectivity index (χ2v) is 4.11. The minimum atomic E-state index is 0.679. The lowest BCUT2D eigenvalue weighted by molar-refractivity contribution is 0.845. The second-order valence-electron chi connectivity index (χ2n) is 4.11. The molecule has 0 aliphatic heterocycles. The summed E-state index contributed by atoms with van der Waals surface area (Å²) in [6, 6.07) is 3.83. The van der Waals surface area contributed by atoms with Crippen LogP contribution < -0.4 is 5.32 Å². The van der Waals surface area contributed by atoms with Crippen LogP contribution >= 0.6 is 0 Å². The zero-order valence-electron chi connectivity index (χ0n) is 10.7. The van der Waals surface area contributed by atoms with Gasteiger partial charge in [-0.2, -0.15) is 10.2 Å². The van der Waals surface area contributed by atoms with Crippen molar-refractivity contribution in [2.75, 3.05) is 5.32 Å². The summed E-state index contributed by atoms with van der Waals surface area (Å²) in [6.07, 6.45) is 10.2. The van der Waals surface area contributed by atoms with Crippen molar-refractivity contribution in [3.05, 3.63) is 55.5 Å². The van der Waals surface area contributed by atoms with Crippen LogP contribution in [0.15, 0.2) is 50.0 Å². The molecule has 20 heavy (non-hydrogen) atoms. The van der Waals surface area contributed by atoms with Gasteiger partial charge in [-0.05, 0) is 12.1 Å². The van der Waals surface area contributed by atoms with Crippen LogP contribution in [0.25, 0.3) is 12.0 Å². The molecule has 0 saturated heterocycles. The molecule has 3 aromatic rings. The van der Waals surface area contributed by atoms with E-state index in [1.807, 2.05) is 18.3 Å². The van der Waals surface area contributed by atoms with E-state index >= 15 is 0 Å². The number of nitrogens with one attached hydrogen (secondary N) is 1. The Kier molecular flexibility index (Phi) is 3.24. The summed E-state index contributed by atoms with van der Waals surface area (Å²) in [5.74, 6) is 0.729. The summed E-state index contributed by atoms with van der Waals surface area (Å²) in [7, 11) is 0. The molecule has 0 fully saturated rings. The van der Waals surface area contributed by atoms with E-state index in [0.717, 1.165) is 17.1 Å². The normalized spacial score (nSPS) is 10.4. The lowest BCUT2D eigenvalue weighted by Crippen LogP contribution is -2.01. The van der Waals surface area contributed by atoms with Gasteiger partial charge >= 0.3 is 0 Å². The molecule has 7 heteroatoms. The molecule has 3 rings (SSSR count). The Morgan fingerprint density at radius 2 is 2.20 bits per heavy atom. The highest BCUT2D eigenvalue weighted by Crippen LogP contribution is 2.10. The predicted octanol–water partition coefficient (Wildman–Crippen LogP) is 1.57. The van der Waals surface area contributed by atoms with Crippen molar-refractivity contribution in [3.63, 3.8) is 0 Å². The minimum absolute atomic E-state index is 0.679. The number of pyridine rings is 1. The Morgan fingerprint density at radius 1 is 1.25 bits per heavy atom. The summed E-state index contributed by atoms with van der Waals surface area (Å²) >= 11 is 0. The second kappa shape index (κ2) is 5.35. The summed E-state index contributed by atoms with van der Waals surface area (Å²) in [5, 5.41) is 11.4. The molecule has 1 N–H and O–H groups in total. The van der Waals surface area contributed by atoms with Crippen LogP contribution in [-0.4, -0.2) is 29.5 Å². The first-order chi connectivity index (χ1) is 9.85. The molecule has 0 amide bonds. The lowest BCUT2D eigenvalue weighted by Gasteiger charge is -2.05. The molecular weight excluding hydrogens is 254 g/mol. The molecule has 3 heterocycles.